The molecule has 0 aromatic heterocycles. The zero-order valence-corrected chi connectivity index (χ0v) is 6.05. The second-order valence-electron chi connectivity index (χ2n) is 2.36. The van der Waals surface area contributed by atoms with E-state index >= 15 is 0 Å². The van der Waals surface area contributed by atoms with Gasteiger partial charge in [0, 0.05) is 2.97 Å². The van der Waals surface area contributed by atoms with Crippen molar-refractivity contribution in [3.8, 4) is 0 Å². The van der Waals surface area contributed by atoms with Crippen LogP contribution in [0.4, 0.5) is 0 Å². The first-order valence-corrected chi connectivity index (χ1v) is 2.83. The second kappa shape index (κ2) is 10.9. The summed E-state index contributed by atoms with van der Waals surface area (Å²) in [6, 6.07) is 0. The second-order valence-corrected chi connectivity index (χ2v) is 2.36. The lowest BCUT2D eigenvalue weighted by Crippen LogP contribution is -2.00. The van der Waals surface area contributed by atoms with Gasteiger partial charge in [0.2, 0.25) is 0 Å². The zero-order valence-electron chi connectivity index (χ0n) is 8.05. The molecule has 0 aliphatic rings. The summed E-state index contributed by atoms with van der Waals surface area (Å²) in [5.41, 5.74) is 0. The fourth-order valence-corrected chi connectivity index (χ4v) is 0. The Hall–Kier alpha value is 0.0499. The Morgan fingerprint density at radius 2 is 1.11 bits per heavy atom. The minimum Gasteiger partial charge on any atom is -0.427 e. The summed E-state index contributed by atoms with van der Waals surface area (Å²) in [7, 11) is -1.17. The highest BCUT2D eigenvalue weighted by molar-refractivity contribution is 6.54. The Labute approximate surface area is 62.6 Å². The average Bonchev–Trinajstić information content (AvgIpc) is 1.66. The van der Waals surface area contributed by atoms with Gasteiger partial charge in [0.25, 0.3) is 0 Å². The van der Waals surface area contributed by atoms with Crippen LogP contribution >= 0.6 is 0 Å². The number of hydrogen-bond acceptors (Lipinski definition) is 2. The van der Waals surface area contributed by atoms with E-state index < -0.39 is 7.12 Å². The Morgan fingerprint density at radius 1 is 1.11 bits per heavy atom. The van der Waals surface area contributed by atoms with Gasteiger partial charge in [-0.1, -0.05) is 27.9 Å². The summed E-state index contributed by atoms with van der Waals surface area (Å²) in [5, 5.41) is 15.2. The van der Waals surface area contributed by atoms with Gasteiger partial charge in [-0.2, -0.15) is 0 Å². The van der Waals surface area contributed by atoms with E-state index in [0.29, 0.717) is 0 Å². The van der Waals surface area contributed by atoms with E-state index in [9.17, 15) is 0 Å². The molecule has 0 spiro atoms. The van der Waals surface area contributed by atoms with Gasteiger partial charge in [-0.3, -0.25) is 0 Å². The molecule has 0 saturated heterocycles. The minimum atomic E-state index is -1.17. The van der Waals surface area contributed by atoms with Crippen molar-refractivity contribution >= 4 is 13.8 Å². The Bertz CT molecular complexity index is 36.0. The molecule has 0 heterocycles. The SMILES string of the molecule is C.CB(C)C.CB(O)O.[3H][3H]. The molecule has 0 saturated carbocycles. The number of rotatable bonds is 0. The van der Waals surface area contributed by atoms with Gasteiger partial charge in [0.1, 0.15) is 6.71 Å². The van der Waals surface area contributed by atoms with Crippen molar-refractivity contribution < 1.29 is 13.0 Å². The van der Waals surface area contributed by atoms with Crippen molar-refractivity contribution in [2.45, 2.75) is 34.7 Å². The van der Waals surface area contributed by atoms with Crippen molar-refractivity contribution in [1.29, 1.82) is 0 Å². The first-order chi connectivity index (χ1) is 4.46. The summed E-state index contributed by atoms with van der Waals surface area (Å²) in [6.07, 6.45) is 0. The van der Waals surface area contributed by atoms with E-state index in [1.54, 1.807) is 0 Å². The van der Waals surface area contributed by atoms with E-state index in [1.165, 1.54) is 6.82 Å². The van der Waals surface area contributed by atoms with Gasteiger partial charge in [-0.05, 0) is 6.82 Å². The molecule has 0 bridgehead atoms. The van der Waals surface area contributed by atoms with Crippen LogP contribution in [0, 0.1) is 0 Å². The molecule has 58 valence electrons. The molecule has 0 fully saturated rings. The van der Waals surface area contributed by atoms with Gasteiger partial charge in [0.05, 0.1) is 0 Å². The van der Waals surface area contributed by atoms with Crippen molar-refractivity contribution in [2.24, 2.45) is 0 Å². The quantitative estimate of drug-likeness (QED) is 0.495. The molecule has 0 radical (unpaired) electrons. The van der Waals surface area contributed by atoms with Crippen LogP contribution in [0.25, 0.3) is 0 Å². The van der Waals surface area contributed by atoms with Crippen LogP contribution in [0.5, 0.6) is 0 Å². The minimum absolute atomic E-state index is 0. The van der Waals surface area contributed by atoms with Crippen LogP contribution in [-0.2, 0) is 0 Å². The highest BCUT2D eigenvalue weighted by Gasteiger charge is 1.86. The lowest BCUT2D eigenvalue weighted by atomic mass is 9.58. The maximum absolute atomic E-state index is 7.61. The lowest BCUT2D eigenvalue weighted by Gasteiger charge is -1.71. The van der Waals surface area contributed by atoms with Crippen LogP contribution < -0.4 is 0 Å². The molecule has 0 rings (SSSR count). The molecule has 0 amide bonds. The highest BCUT2D eigenvalue weighted by atomic mass is 16.4. The maximum atomic E-state index is 7.61. The molecule has 0 aromatic carbocycles. The summed E-state index contributed by atoms with van der Waals surface area (Å²) >= 11 is 0. The first-order valence-electron chi connectivity index (χ1n) is 3.83. The molecule has 4 heteroatoms. The van der Waals surface area contributed by atoms with Crippen LogP contribution in [-0.4, -0.2) is 23.9 Å². The molecule has 0 aliphatic heterocycles. The fourth-order valence-electron chi connectivity index (χ4n) is 0. The normalized spacial score (nSPS) is 6.89. The molecular weight excluding hydrogens is 114 g/mol. The van der Waals surface area contributed by atoms with Crippen molar-refractivity contribution in [1.82, 2.24) is 0 Å². The molecule has 2 nitrogen and oxygen atoms in total. The van der Waals surface area contributed by atoms with Gasteiger partial charge >= 0.3 is 7.12 Å². The van der Waals surface area contributed by atoms with E-state index in [4.69, 9.17) is 13.0 Å². The summed E-state index contributed by atoms with van der Waals surface area (Å²) < 4.78 is 10.0. The lowest BCUT2D eigenvalue weighted by molar-refractivity contribution is 0.417. The standard InChI is InChI=1S/C3H9B.CH5BO2.CH4.H2/c1-4(2)3;1-2(3)4;;/h1-3H3;3-4H,1H3;1H4;1H/i;;;1+2T. The van der Waals surface area contributed by atoms with Crippen LogP contribution in [0.3, 0.4) is 0 Å². The topological polar surface area (TPSA) is 40.5 Å². The predicted molar refractivity (Wildman–Crippen MR) is 48.2 cm³/mol. The third-order valence-electron chi connectivity index (χ3n) is 0. The van der Waals surface area contributed by atoms with E-state index in [1.807, 2.05) is 0 Å². The summed E-state index contributed by atoms with van der Waals surface area (Å²) in [5.74, 6) is 0. The number of hydrogen-bond donors (Lipinski definition) is 2. The fraction of sp³-hybridized carbons (Fsp3) is 1.00. The molecular formula is C5H20B2O2. The van der Waals surface area contributed by atoms with Crippen molar-refractivity contribution in [3.05, 3.63) is 0 Å². The molecule has 0 unspecified atom stereocenters. The predicted octanol–water partition coefficient (Wildman–Crippen LogP) is 1.34. The molecule has 0 aromatic rings. The third kappa shape index (κ3) is 118000. The Kier molecular flexibility index (Phi) is 14.3. The van der Waals surface area contributed by atoms with Gasteiger partial charge in [-0.15, -0.1) is 0 Å². The average molecular weight is 138 g/mol. The molecule has 0 atom stereocenters. The molecule has 2 N–H and O–H groups in total. The van der Waals surface area contributed by atoms with Crippen molar-refractivity contribution in [2.75, 3.05) is 0 Å². The van der Waals surface area contributed by atoms with Gasteiger partial charge in [-0.25, -0.2) is 0 Å². The third-order valence-corrected chi connectivity index (χ3v) is 0. The summed E-state index contributed by atoms with van der Waals surface area (Å²) in [6.45, 7) is 8.61. The first kappa shape index (κ1) is 11.8. The highest BCUT2D eigenvalue weighted by Crippen LogP contribution is 1.68. The Morgan fingerprint density at radius 3 is 1.11 bits per heavy atom. The van der Waals surface area contributed by atoms with Crippen LogP contribution in [0.2, 0.25) is 27.3 Å². The zero-order chi connectivity index (χ0) is 9.15. The van der Waals surface area contributed by atoms with E-state index in [2.05, 4.69) is 20.5 Å². The van der Waals surface area contributed by atoms with E-state index in [0.717, 1.165) is 6.71 Å². The van der Waals surface area contributed by atoms with Gasteiger partial charge in [0.15, 0.2) is 0 Å². The molecule has 9 heavy (non-hydrogen) atoms. The van der Waals surface area contributed by atoms with Gasteiger partial charge < -0.3 is 10.0 Å². The van der Waals surface area contributed by atoms with Crippen LogP contribution in [0.15, 0.2) is 0 Å². The monoisotopic (exact) mass is 138 g/mol. The molecule has 0 aliphatic carbocycles. The Balaban J connectivity index is -0.0000000339. The largest absolute Gasteiger partial charge is 0.448 e. The maximum Gasteiger partial charge on any atom is 0.448 e. The van der Waals surface area contributed by atoms with Crippen LogP contribution in [0.1, 0.15) is 10.4 Å². The smallest absolute Gasteiger partial charge is 0.427 e. The van der Waals surface area contributed by atoms with E-state index in [-0.39, 0.29) is 7.43 Å². The summed E-state index contributed by atoms with van der Waals surface area (Å²) in [4.78, 5) is 0. The van der Waals surface area contributed by atoms with Crippen molar-refractivity contribution in [3.63, 3.8) is 0 Å².